The summed E-state index contributed by atoms with van der Waals surface area (Å²) in [6, 6.07) is 7.31. The van der Waals surface area contributed by atoms with Crippen LogP contribution in [0.1, 0.15) is 11.5 Å². The van der Waals surface area contributed by atoms with E-state index in [9.17, 15) is 0 Å². The zero-order chi connectivity index (χ0) is 11.5. The van der Waals surface area contributed by atoms with Crippen LogP contribution in [0.15, 0.2) is 47.3 Å². The van der Waals surface area contributed by atoms with Gasteiger partial charge in [-0.25, -0.2) is 4.98 Å². The van der Waals surface area contributed by atoms with Gasteiger partial charge in [0.25, 0.3) is 5.89 Å². The van der Waals surface area contributed by atoms with Gasteiger partial charge in [-0.15, -0.1) is 0 Å². The number of oxazole rings is 1. The van der Waals surface area contributed by atoms with Crippen LogP contribution < -0.4 is 0 Å². The zero-order valence-corrected chi connectivity index (χ0v) is 8.79. The van der Waals surface area contributed by atoms with Crippen molar-refractivity contribution in [2.45, 2.75) is 0 Å². The normalized spacial score (nSPS) is 9.88. The average molecular weight is 221 g/mol. The van der Waals surface area contributed by atoms with Gasteiger partial charge in [0.05, 0.1) is 0 Å². The molecular formula is C13H7N3O. The molecule has 0 amide bonds. The molecule has 0 atom stereocenters. The molecule has 3 rings (SSSR count). The van der Waals surface area contributed by atoms with E-state index in [1.165, 1.54) is 0 Å². The summed E-state index contributed by atoms with van der Waals surface area (Å²) in [6.45, 7) is 0. The van der Waals surface area contributed by atoms with Crippen molar-refractivity contribution in [1.29, 1.82) is 0 Å². The van der Waals surface area contributed by atoms with Crippen LogP contribution >= 0.6 is 0 Å². The number of hydrogen-bond donors (Lipinski definition) is 0. The lowest BCUT2D eigenvalue weighted by atomic mass is 10.3. The van der Waals surface area contributed by atoms with Crippen molar-refractivity contribution < 1.29 is 4.42 Å². The Hall–Kier alpha value is -2.67. The Morgan fingerprint density at radius 2 is 2.00 bits per heavy atom. The summed E-state index contributed by atoms with van der Waals surface area (Å²) >= 11 is 0. The molecule has 0 aliphatic heterocycles. The summed E-state index contributed by atoms with van der Waals surface area (Å²) in [5.41, 5.74) is 2.04. The maximum absolute atomic E-state index is 5.42. The van der Waals surface area contributed by atoms with Gasteiger partial charge in [0.15, 0.2) is 11.2 Å². The molecule has 3 heterocycles. The van der Waals surface area contributed by atoms with E-state index < -0.39 is 0 Å². The smallest absolute Gasteiger partial charge is 0.276 e. The van der Waals surface area contributed by atoms with Crippen LogP contribution in [0, 0.1) is 11.8 Å². The van der Waals surface area contributed by atoms with Gasteiger partial charge < -0.3 is 4.42 Å². The molecule has 0 aliphatic carbocycles. The number of pyridine rings is 2. The summed E-state index contributed by atoms with van der Waals surface area (Å²) in [7, 11) is 0. The molecule has 0 N–H and O–H groups in total. The summed E-state index contributed by atoms with van der Waals surface area (Å²) in [6.07, 6.45) is 5.06. The minimum atomic E-state index is 0.363. The summed E-state index contributed by atoms with van der Waals surface area (Å²) in [5.74, 6) is 6.13. The molecule has 0 unspecified atom stereocenters. The van der Waals surface area contributed by atoms with E-state index in [4.69, 9.17) is 4.42 Å². The number of nitrogens with zero attached hydrogens (tertiary/aromatic N) is 3. The van der Waals surface area contributed by atoms with Gasteiger partial charge in [-0.3, -0.25) is 4.98 Å². The van der Waals surface area contributed by atoms with E-state index in [0.29, 0.717) is 17.1 Å². The van der Waals surface area contributed by atoms with Crippen molar-refractivity contribution in [2.24, 2.45) is 0 Å². The van der Waals surface area contributed by atoms with Crippen LogP contribution in [-0.2, 0) is 0 Å². The third-order valence-electron chi connectivity index (χ3n) is 2.14. The number of fused-ring (bicyclic) bond motifs is 1. The predicted molar refractivity (Wildman–Crippen MR) is 62.0 cm³/mol. The molecule has 0 saturated heterocycles. The summed E-state index contributed by atoms with van der Waals surface area (Å²) in [5, 5.41) is 0. The van der Waals surface area contributed by atoms with E-state index in [1.807, 2.05) is 18.2 Å². The van der Waals surface area contributed by atoms with Gasteiger partial charge >= 0.3 is 0 Å². The first-order valence-corrected chi connectivity index (χ1v) is 5.05. The molecule has 0 aliphatic rings. The highest BCUT2D eigenvalue weighted by Gasteiger charge is 2.02. The number of rotatable bonds is 0. The summed E-state index contributed by atoms with van der Waals surface area (Å²) < 4.78 is 5.42. The van der Waals surface area contributed by atoms with Crippen LogP contribution in [0.2, 0.25) is 0 Å². The Morgan fingerprint density at radius 1 is 1.06 bits per heavy atom. The van der Waals surface area contributed by atoms with Gasteiger partial charge in [-0.1, -0.05) is 5.92 Å². The molecule has 0 saturated carbocycles. The van der Waals surface area contributed by atoms with Crippen molar-refractivity contribution in [2.75, 3.05) is 0 Å². The molecule has 3 aromatic rings. The Labute approximate surface area is 97.4 Å². The van der Waals surface area contributed by atoms with Crippen LogP contribution in [-0.4, -0.2) is 15.0 Å². The van der Waals surface area contributed by atoms with Crippen molar-refractivity contribution in [3.8, 4) is 11.8 Å². The first-order chi connectivity index (χ1) is 8.42. The largest absolute Gasteiger partial charge is 0.428 e. The SMILES string of the molecule is C(#Cc1nc2ncccc2o1)c1cccnc1. The minimum Gasteiger partial charge on any atom is -0.428 e. The van der Waals surface area contributed by atoms with Crippen molar-refractivity contribution >= 4 is 11.2 Å². The van der Waals surface area contributed by atoms with Crippen LogP contribution in [0.25, 0.3) is 11.2 Å². The molecule has 80 valence electrons. The third-order valence-corrected chi connectivity index (χ3v) is 2.14. The van der Waals surface area contributed by atoms with E-state index in [1.54, 1.807) is 24.7 Å². The second-order valence-corrected chi connectivity index (χ2v) is 3.34. The molecule has 0 aromatic carbocycles. The topological polar surface area (TPSA) is 51.8 Å². The van der Waals surface area contributed by atoms with Gasteiger partial charge in [0.2, 0.25) is 0 Å². The molecule has 3 aromatic heterocycles. The molecule has 0 spiro atoms. The monoisotopic (exact) mass is 221 g/mol. The molecule has 17 heavy (non-hydrogen) atoms. The van der Waals surface area contributed by atoms with E-state index in [2.05, 4.69) is 26.8 Å². The highest BCUT2D eigenvalue weighted by molar-refractivity contribution is 5.67. The minimum absolute atomic E-state index is 0.363. The Bertz CT molecular complexity index is 674. The maximum Gasteiger partial charge on any atom is 0.276 e. The summed E-state index contributed by atoms with van der Waals surface area (Å²) in [4.78, 5) is 12.2. The average Bonchev–Trinajstić information content (AvgIpc) is 2.80. The lowest BCUT2D eigenvalue weighted by molar-refractivity contribution is 0.586. The third kappa shape index (κ3) is 1.99. The molecule has 4 nitrogen and oxygen atoms in total. The Morgan fingerprint density at radius 3 is 2.82 bits per heavy atom. The first kappa shape index (κ1) is 9.55. The van der Waals surface area contributed by atoms with Crippen molar-refractivity contribution in [3.05, 3.63) is 54.3 Å². The standard InChI is InChI=1S/C13H7N3O/c1-3-10(9-14-7-1)5-6-12-16-13-11(17-12)4-2-8-15-13/h1-4,7-9H. The van der Waals surface area contributed by atoms with Gasteiger partial charge in [0, 0.05) is 24.2 Å². The van der Waals surface area contributed by atoms with Crippen LogP contribution in [0.3, 0.4) is 0 Å². The van der Waals surface area contributed by atoms with E-state index in [-0.39, 0.29) is 0 Å². The molecule has 0 bridgehead atoms. The fourth-order valence-electron chi connectivity index (χ4n) is 1.38. The lowest BCUT2D eigenvalue weighted by Gasteiger charge is -1.84. The lowest BCUT2D eigenvalue weighted by Crippen LogP contribution is -1.77. The molecular weight excluding hydrogens is 214 g/mol. The Balaban J connectivity index is 1.98. The highest BCUT2D eigenvalue weighted by atomic mass is 16.3. The number of hydrogen-bond acceptors (Lipinski definition) is 4. The second kappa shape index (κ2) is 4.06. The second-order valence-electron chi connectivity index (χ2n) is 3.34. The fraction of sp³-hybridized carbons (Fsp3) is 0. The van der Waals surface area contributed by atoms with Crippen molar-refractivity contribution in [1.82, 2.24) is 15.0 Å². The van der Waals surface area contributed by atoms with E-state index >= 15 is 0 Å². The molecule has 0 radical (unpaired) electrons. The van der Waals surface area contributed by atoms with Crippen molar-refractivity contribution in [3.63, 3.8) is 0 Å². The van der Waals surface area contributed by atoms with Crippen LogP contribution in [0.4, 0.5) is 0 Å². The first-order valence-electron chi connectivity index (χ1n) is 5.05. The van der Waals surface area contributed by atoms with Gasteiger partial charge in [0.1, 0.15) is 0 Å². The highest BCUT2D eigenvalue weighted by Crippen LogP contribution is 2.11. The Kier molecular flexibility index (Phi) is 2.28. The maximum atomic E-state index is 5.42. The number of aromatic nitrogens is 3. The van der Waals surface area contributed by atoms with E-state index in [0.717, 1.165) is 5.56 Å². The quantitative estimate of drug-likeness (QED) is 0.545. The van der Waals surface area contributed by atoms with Gasteiger partial charge in [-0.2, -0.15) is 4.98 Å². The fourth-order valence-corrected chi connectivity index (χ4v) is 1.38. The predicted octanol–water partition coefficient (Wildman–Crippen LogP) is 2.02. The molecule has 4 heteroatoms. The van der Waals surface area contributed by atoms with Crippen LogP contribution in [0.5, 0.6) is 0 Å². The zero-order valence-electron chi connectivity index (χ0n) is 8.79. The van der Waals surface area contributed by atoms with Gasteiger partial charge in [-0.05, 0) is 30.2 Å². The molecule has 0 fully saturated rings.